The summed E-state index contributed by atoms with van der Waals surface area (Å²) < 4.78 is 1.02. The van der Waals surface area contributed by atoms with E-state index < -0.39 is 0 Å². The molecule has 0 fully saturated rings. The molecule has 0 aromatic heterocycles. The van der Waals surface area contributed by atoms with Crippen LogP contribution in [0.2, 0.25) is 0 Å². The smallest absolute Gasteiger partial charge is 0.143 e. The summed E-state index contributed by atoms with van der Waals surface area (Å²) in [5.41, 5.74) is 0.949. The summed E-state index contributed by atoms with van der Waals surface area (Å²) in [5.74, 6) is 0.928. The summed E-state index contributed by atoms with van der Waals surface area (Å²) in [6, 6.07) is 7.80. The first-order valence-electron chi connectivity index (χ1n) is 6.04. The fraction of sp³-hybridized carbons (Fsp3) is 0.462. The third-order valence-corrected chi connectivity index (χ3v) is 4.23. The van der Waals surface area contributed by atoms with Gasteiger partial charge in [-0.3, -0.25) is 0 Å². The molecule has 1 aromatic carbocycles. The SMILES string of the molecule is CCN(CC)CCS/C(=N/O)c1ccc(Br)cc1.[I-]. The number of nitrogens with zero attached hydrogens (tertiary/aromatic N) is 2. The van der Waals surface area contributed by atoms with Gasteiger partial charge in [-0.25, -0.2) is 0 Å². The van der Waals surface area contributed by atoms with Crippen molar-refractivity contribution >= 4 is 32.7 Å². The van der Waals surface area contributed by atoms with E-state index in [1.54, 1.807) is 11.8 Å². The van der Waals surface area contributed by atoms with Crippen LogP contribution in [0.3, 0.4) is 0 Å². The van der Waals surface area contributed by atoms with Crippen LogP contribution in [0.15, 0.2) is 33.9 Å². The lowest BCUT2D eigenvalue weighted by Gasteiger charge is -2.17. The van der Waals surface area contributed by atoms with Crippen LogP contribution in [-0.2, 0) is 0 Å². The lowest BCUT2D eigenvalue weighted by atomic mass is 10.2. The molecular formula is C13H19BrIN2OS-. The highest BCUT2D eigenvalue weighted by molar-refractivity contribution is 9.10. The van der Waals surface area contributed by atoms with Crippen molar-refractivity contribution in [3.8, 4) is 0 Å². The van der Waals surface area contributed by atoms with Crippen molar-refractivity contribution < 1.29 is 29.2 Å². The first kappa shape index (κ1) is 19.2. The van der Waals surface area contributed by atoms with Gasteiger partial charge in [0.05, 0.1) is 0 Å². The molecule has 108 valence electrons. The Morgan fingerprint density at radius 3 is 2.32 bits per heavy atom. The van der Waals surface area contributed by atoms with E-state index >= 15 is 0 Å². The predicted molar refractivity (Wildman–Crippen MR) is 82.7 cm³/mol. The minimum Gasteiger partial charge on any atom is -1.00 e. The van der Waals surface area contributed by atoms with E-state index in [9.17, 15) is 0 Å². The maximum absolute atomic E-state index is 9.07. The Hall–Kier alpha value is 0.210. The van der Waals surface area contributed by atoms with Gasteiger partial charge in [-0.2, -0.15) is 0 Å². The molecule has 0 unspecified atom stereocenters. The maximum atomic E-state index is 9.07. The Bertz CT molecular complexity index is 383. The van der Waals surface area contributed by atoms with Crippen molar-refractivity contribution in [3.63, 3.8) is 0 Å². The highest BCUT2D eigenvalue weighted by atomic mass is 127. The molecule has 0 saturated carbocycles. The van der Waals surface area contributed by atoms with E-state index in [0.717, 1.165) is 35.4 Å². The van der Waals surface area contributed by atoms with Crippen LogP contribution < -0.4 is 24.0 Å². The van der Waals surface area contributed by atoms with Gasteiger partial charge < -0.3 is 34.1 Å². The monoisotopic (exact) mass is 457 g/mol. The summed E-state index contributed by atoms with van der Waals surface area (Å²) in [6.07, 6.45) is 0. The Kier molecular flexibility index (Phi) is 11.1. The van der Waals surface area contributed by atoms with E-state index in [1.807, 2.05) is 24.3 Å². The third kappa shape index (κ3) is 6.97. The van der Waals surface area contributed by atoms with E-state index in [1.165, 1.54) is 0 Å². The molecule has 3 nitrogen and oxygen atoms in total. The summed E-state index contributed by atoms with van der Waals surface area (Å²) in [4.78, 5) is 2.35. The standard InChI is InChI=1S/C13H19BrN2OS.HI/c1-3-16(4-2)9-10-18-13(15-17)11-5-7-12(14)8-6-11;/h5-8,17H,3-4,9-10H2,1-2H3;1H/p-1/b15-13+;. The summed E-state index contributed by atoms with van der Waals surface area (Å²) in [5, 5.41) is 13.1. The first-order valence-corrected chi connectivity index (χ1v) is 7.82. The van der Waals surface area contributed by atoms with Crippen molar-refractivity contribution in [2.45, 2.75) is 13.8 Å². The zero-order chi connectivity index (χ0) is 13.4. The van der Waals surface area contributed by atoms with E-state index in [0.29, 0.717) is 5.04 Å². The molecule has 0 aliphatic rings. The minimum absolute atomic E-state index is 0. The van der Waals surface area contributed by atoms with Crippen LogP contribution in [0.25, 0.3) is 0 Å². The van der Waals surface area contributed by atoms with Crippen LogP contribution in [0.4, 0.5) is 0 Å². The molecule has 1 N–H and O–H groups in total. The normalized spacial score (nSPS) is 11.5. The Labute approximate surface area is 145 Å². The predicted octanol–water partition coefficient (Wildman–Crippen LogP) is 0.664. The van der Waals surface area contributed by atoms with E-state index in [-0.39, 0.29) is 24.0 Å². The van der Waals surface area contributed by atoms with Gasteiger partial charge in [0.1, 0.15) is 5.04 Å². The number of oxime groups is 1. The van der Waals surface area contributed by atoms with Crippen LogP contribution in [-0.4, -0.2) is 40.5 Å². The molecule has 0 atom stereocenters. The number of hydrogen-bond acceptors (Lipinski definition) is 4. The maximum Gasteiger partial charge on any atom is 0.143 e. The molecule has 0 bridgehead atoms. The van der Waals surface area contributed by atoms with Crippen molar-refractivity contribution in [3.05, 3.63) is 34.3 Å². The van der Waals surface area contributed by atoms with Gasteiger partial charge in [-0.05, 0) is 25.2 Å². The summed E-state index contributed by atoms with van der Waals surface area (Å²) in [6.45, 7) is 7.43. The summed E-state index contributed by atoms with van der Waals surface area (Å²) >= 11 is 4.97. The van der Waals surface area contributed by atoms with Gasteiger partial charge in [0.2, 0.25) is 0 Å². The van der Waals surface area contributed by atoms with Crippen LogP contribution >= 0.6 is 27.7 Å². The average molecular weight is 458 g/mol. The molecule has 0 spiro atoms. The van der Waals surface area contributed by atoms with Crippen molar-refractivity contribution in [1.29, 1.82) is 0 Å². The van der Waals surface area contributed by atoms with Gasteiger partial charge in [-0.1, -0.05) is 47.1 Å². The van der Waals surface area contributed by atoms with Gasteiger partial charge in [0, 0.05) is 22.3 Å². The molecular weight excluding hydrogens is 439 g/mol. The fourth-order valence-corrected chi connectivity index (χ4v) is 2.74. The van der Waals surface area contributed by atoms with Crippen molar-refractivity contribution in [1.82, 2.24) is 4.90 Å². The van der Waals surface area contributed by atoms with Crippen LogP contribution in [0.5, 0.6) is 0 Å². The molecule has 0 radical (unpaired) electrons. The van der Waals surface area contributed by atoms with E-state index in [4.69, 9.17) is 5.21 Å². The molecule has 0 saturated heterocycles. The molecule has 0 aliphatic heterocycles. The first-order chi connectivity index (χ1) is 8.71. The number of benzene rings is 1. The quantitative estimate of drug-likeness (QED) is 0.224. The number of hydrogen-bond donors (Lipinski definition) is 1. The third-order valence-electron chi connectivity index (χ3n) is 2.72. The number of halogens is 2. The Balaban J connectivity index is 0.00000324. The zero-order valence-electron chi connectivity index (χ0n) is 11.1. The second-order valence-electron chi connectivity index (χ2n) is 3.79. The number of thioether (sulfide) groups is 1. The average Bonchev–Trinajstić information content (AvgIpc) is 2.41. The highest BCUT2D eigenvalue weighted by Gasteiger charge is 2.06. The lowest BCUT2D eigenvalue weighted by molar-refractivity contribution is -0.00000447. The van der Waals surface area contributed by atoms with Crippen LogP contribution in [0, 0.1) is 0 Å². The largest absolute Gasteiger partial charge is 1.00 e. The fourth-order valence-electron chi connectivity index (χ4n) is 1.57. The molecule has 6 heteroatoms. The molecule has 0 heterocycles. The minimum atomic E-state index is 0. The van der Waals surface area contributed by atoms with Gasteiger partial charge in [-0.15, -0.1) is 11.8 Å². The van der Waals surface area contributed by atoms with E-state index in [2.05, 4.69) is 39.8 Å². The topological polar surface area (TPSA) is 35.8 Å². The van der Waals surface area contributed by atoms with Gasteiger partial charge in [0.25, 0.3) is 0 Å². The summed E-state index contributed by atoms with van der Waals surface area (Å²) in [7, 11) is 0. The molecule has 0 amide bonds. The van der Waals surface area contributed by atoms with Crippen molar-refractivity contribution in [2.24, 2.45) is 5.16 Å². The van der Waals surface area contributed by atoms with Gasteiger partial charge >= 0.3 is 0 Å². The molecule has 1 aromatic rings. The molecule has 19 heavy (non-hydrogen) atoms. The van der Waals surface area contributed by atoms with Crippen LogP contribution in [0.1, 0.15) is 19.4 Å². The van der Waals surface area contributed by atoms with Crippen molar-refractivity contribution in [2.75, 3.05) is 25.4 Å². The molecule has 1 rings (SSSR count). The zero-order valence-corrected chi connectivity index (χ0v) is 15.7. The second kappa shape index (κ2) is 10.9. The van der Waals surface area contributed by atoms with Gasteiger partial charge in [0.15, 0.2) is 0 Å². The Morgan fingerprint density at radius 1 is 1.26 bits per heavy atom. The molecule has 0 aliphatic carbocycles. The lowest BCUT2D eigenvalue weighted by Crippen LogP contribution is -3.00. The Morgan fingerprint density at radius 2 is 1.84 bits per heavy atom. The number of rotatable bonds is 6. The second-order valence-corrected chi connectivity index (χ2v) is 5.79. The highest BCUT2D eigenvalue weighted by Crippen LogP contribution is 2.17.